The van der Waals surface area contributed by atoms with Gasteiger partial charge in [-0.15, -0.1) is 11.3 Å². The Bertz CT molecular complexity index is 826. The van der Waals surface area contributed by atoms with Crippen LogP contribution in [0.5, 0.6) is 0 Å². The molecule has 24 heavy (non-hydrogen) atoms. The summed E-state index contributed by atoms with van der Waals surface area (Å²) >= 11 is 1.60. The molecule has 0 unspecified atom stereocenters. The van der Waals surface area contributed by atoms with Gasteiger partial charge in [0.05, 0.1) is 18.7 Å². The number of benzene rings is 1. The van der Waals surface area contributed by atoms with Crippen molar-refractivity contribution in [3.05, 3.63) is 70.5 Å². The predicted molar refractivity (Wildman–Crippen MR) is 96.8 cm³/mol. The van der Waals surface area contributed by atoms with Gasteiger partial charge in [0.1, 0.15) is 5.01 Å². The van der Waals surface area contributed by atoms with Gasteiger partial charge in [0.25, 0.3) is 0 Å². The largest absolute Gasteiger partial charge is 0.351 e. The van der Waals surface area contributed by atoms with Crippen LogP contribution in [0.15, 0.2) is 48.8 Å². The van der Waals surface area contributed by atoms with Crippen molar-refractivity contribution in [2.75, 3.05) is 0 Å². The molecule has 0 saturated heterocycles. The van der Waals surface area contributed by atoms with E-state index in [1.165, 1.54) is 5.56 Å². The third-order valence-corrected chi connectivity index (χ3v) is 4.94. The number of thiazole rings is 1. The van der Waals surface area contributed by atoms with Gasteiger partial charge < -0.3 is 5.32 Å². The molecule has 2 aromatic heterocycles. The number of nitrogens with zero attached hydrogens (tertiary/aromatic N) is 2. The third-order valence-electron chi connectivity index (χ3n) is 3.73. The minimum atomic E-state index is 0.0228. The number of carbonyl (C=O) groups excluding carboxylic acids is 1. The van der Waals surface area contributed by atoms with Crippen molar-refractivity contribution in [3.63, 3.8) is 0 Å². The number of nitrogens with one attached hydrogen (secondary N) is 1. The number of rotatable bonds is 5. The van der Waals surface area contributed by atoms with Gasteiger partial charge in [0, 0.05) is 22.8 Å². The Balaban J connectivity index is 1.61. The first kappa shape index (κ1) is 16.3. The molecule has 1 amide bonds. The highest BCUT2D eigenvalue weighted by Crippen LogP contribution is 2.27. The Hall–Kier alpha value is -2.53. The van der Waals surface area contributed by atoms with Crippen molar-refractivity contribution in [2.45, 2.75) is 26.8 Å². The van der Waals surface area contributed by atoms with Crippen LogP contribution in [0, 0.1) is 13.8 Å². The quantitative estimate of drug-likeness (QED) is 0.773. The minimum absolute atomic E-state index is 0.0228. The van der Waals surface area contributed by atoms with Crippen molar-refractivity contribution in [3.8, 4) is 10.6 Å². The lowest BCUT2D eigenvalue weighted by atomic mass is 10.1. The Morgan fingerprint density at radius 1 is 1.17 bits per heavy atom. The van der Waals surface area contributed by atoms with E-state index in [9.17, 15) is 4.79 Å². The molecular weight excluding hydrogens is 318 g/mol. The zero-order chi connectivity index (χ0) is 16.9. The van der Waals surface area contributed by atoms with Crippen molar-refractivity contribution in [1.29, 1.82) is 0 Å². The van der Waals surface area contributed by atoms with Crippen LogP contribution in [-0.2, 0) is 17.8 Å². The molecule has 0 radical (unpaired) electrons. The van der Waals surface area contributed by atoms with Gasteiger partial charge in [-0.25, -0.2) is 4.98 Å². The van der Waals surface area contributed by atoms with Gasteiger partial charge in [-0.2, -0.15) is 0 Å². The second-order valence-electron chi connectivity index (χ2n) is 5.71. The fraction of sp³-hybridized carbons (Fsp3) is 0.211. The maximum Gasteiger partial charge on any atom is 0.224 e. The molecule has 0 fully saturated rings. The number of pyridine rings is 1. The number of hydrogen-bond donors (Lipinski definition) is 1. The molecule has 3 rings (SSSR count). The van der Waals surface area contributed by atoms with Gasteiger partial charge in [0.15, 0.2) is 0 Å². The topological polar surface area (TPSA) is 54.9 Å². The standard InChI is InChI=1S/C19H19N3OS/c1-13-5-7-15(8-6-13)10-18(23)21-12-17-14(2)22-19(24-17)16-4-3-9-20-11-16/h3-9,11H,10,12H2,1-2H3,(H,21,23). The van der Waals surface area contributed by atoms with E-state index in [-0.39, 0.29) is 5.91 Å². The van der Waals surface area contributed by atoms with E-state index >= 15 is 0 Å². The first-order valence-electron chi connectivity index (χ1n) is 7.81. The molecule has 1 aromatic carbocycles. The average Bonchev–Trinajstić information content (AvgIpc) is 2.97. The summed E-state index contributed by atoms with van der Waals surface area (Å²) in [5.74, 6) is 0.0228. The molecule has 0 bridgehead atoms. The van der Waals surface area contributed by atoms with E-state index in [1.54, 1.807) is 23.7 Å². The highest BCUT2D eigenvalue weighted by atomic mass is 32.1. The Kier molecular flexibility index (Phi) is 5.01. The van der Waals surface area contributed by atoms with Crippen LogP contribution in [-0.4, -0.2) is 15.9 Å². The fourth-order valence-electron chi connectivity index (χ4n) is 2.34. The Morgan fingerprint density at radius 3 is 2.67 bits per heavy atom. The van der Waals surface area contributed by atoms with Crippen LogP contribution >= 0.6 is 11.3 Å². The summed E-state index contributed by atoms with van der Waals surface area (Å²) in [6.45, 7) is 4.52. The average molecular weight is 337 g/mol. The van der Waals surface area contributed by atoms with Crippen molar-refractivity contribution in [1.82, 2.24) is 15.3 Å². The molecule has 4 nitrogen and oxygen atoms in total. The lowest BCUT2D eigenvalue weighted by Gasteiger charge is -2.05. The van der Waals surface area contributed by atoms with Crippen LogP contribution in [0.1, 0.15) is 21.7 Å². The third kappa shape index (κ3) is 4.06. The van der Waals surface area contributed by atoms with Crippen LogP contribution < -0.4 is 5.32 Å². The maximum absolute atomic E-state index is 12.1. The number of carbonyl (C=O) groups is 1. The number of aromatic nitrogens is 2. The Labute approximate surface area is 145 Å². The van der Waals surface area contributed by atoms with E-state index in [0.29, 0.717) is 13.0 Å². The highest BCUT2D eigenvalue weighted by molar-refractivity contribution is 7.15. The van der Waals surface area contributed by atoms with E-state index < -0.39 is 0 Å². The molecule has 1 N–H and O–H groups in total. The van der Waals surface area contributed by atoms with Crippen LogP contribution in [0.3, 0.4) is 0 Å². The van der Waals surface area contributed by atoms with Crippen molar-refractivity contribution in [2.24, 2.45) is 0 Å². The van der Waals surface area contributed by atoms with Gasteiger partial charge in [0.2, 0.25) is 5.91 Å². The molecule has 3 aromatic rings. The second-order valence-corrected chi connectivity index (χ2v) is 6.79. The summed E-state index contributed by atoms with van der Waals surface area (Å²) in [6.07, 6.45) is 3.95. The number of aryl methyl sites for hydroxylation is 2. The van der Waals surface area contributed by atoms with Gasteiger partial charge in [-0.3, -0.25) is 9.78 Å². The monoisotopic (exact) mass is 337 g/mol. The molecular formula is C19H19N3OS. The molecule has 0 aliphatic carbocycles. The molecule has 122 valence electrons. The van der Waals surface area contributed by atoms with Gasteiger partial charge in [-0.1, -0.05) is 29.8 Å². The number of amides is 1. The van der Waals surface area contributed by atoms with Crippen LogP contribution in [0.2, 0.25) is 0 Å². The van der Waals surface area contributed by atoms with Crippen molar-refractivity contribution < 1.29 is 4.79 Å². The molecule has 0 spiro atoms. The van der Waals surface area contributed by atoms with E-state index in [0.717, 1.165) is 26.7 Å². The first-order chi connectivity index (χ1) is 11.6. The number of hydrogen-bond acceptors (Lipinski definition) is 4. The summed E-state index contributed by atoms with van der Waals surface area (Å²) in [6, 6.07) is 11.9. The highest BCUT2D eigenvalue weighted by Gasteiger charge is 2.11. The van der Waals surface area contributed by atoms with E-state index in [4.69, 9.17) is 0 Å². The summed E-state index contributed by atoms with van der Waals surface area (Å²) in [5.41, 5.74) is 4.18. The lowest BCUT2D eigenvalue weighted by molar-refractivity contribution is -0.120. The van der Waals surface area contributed by atoms with E-state index in [2.05, 4.69) is 15.3 Å². The zero-order valence-electron chi connectivity index (χ0n) is 13.7. The summed E-state index contributed by atoms with van der Waals surface area (Å²) in [4.78, 5) is 21.9. The van der Waals surface area contributed by atoms with Gasteiger partial charge in [-0.05, 0) is 31.5 Å². The molecule has 0 atom stereocenters. The molecule has 0 aliphatic rings. The van der Waals surface area contributed by atoms with E-state index in [1.807, 2.05) is 50.2 Å². The summed E-state index contributed by atoms with van der Waals surface area (Å²) in [5, 5.41) is 3.92. The summed E-state index contributed by atoms with van der Waals surface area (Å²) in [7, 11) is 0. The zero-order valence-corrected chi connectivity index (χ0v) is 14.6. The van der Waals surface area contributed by atoms with Crippen molar-refractivity contribution >= 4 is 17.2 Å². The molecule has 0 aliphatic heterocycles. The molecule has 2 heterocycles. The van der Waals surface area contributed by atoms with Gasteiger partial charge >= 0.3 is 0 Å². The Morgan fingerprint density at radius 2 is 1.96 bits per heavy atom. The lowest BCUT2D eigenvalue weighted by Crippen LogP contribution is -2.24. The van der Waals surface area contributed by atoms with Crippen LogP contribution in [0.4, 0.5) is 0 Å². The predicted octanol–water partition coefficient (Wildman–Crippen LogP) is 3.68. The maximum atomic E-state index is 12.1. The molecule has 5 heteroatoms. The normalized spacial score (nSPS) is 10.6. The SMILES string of the molecule is Cc1ccc(CC(=O)NCc2sc(-c3cccnc3)nc2C)cc1. The minimum Gasteiger partial charge on any atom is -0.351 e. The second kappa shape index (κ2) is 7.36. The first-order valence-corrected chi connectivity index (χ1v) is 8.62. The smallest absolute Gasteiger partial charge is 0.224 e. The molecule has 0 saturated carbocycles. The van der Waals surface area contributed by atoms with Crippen LogP contribution in [0.25, 0.3) is 10.6 Å². The summed E-state index contributed by atoms with van der Waals surface area (Å²) < 4.78 is 0. The fourth-order valence-corrected chi connectivity index (χ4v) is 3.33.